The van der Waals surface area contributed by atoms with Gasteiger partial charge in [-0.3, -0.25) is 9.59 Å². The first-order valence-corrected chi connectivity index (χ1v) is 6.00. The van der Waals surface area contributed by atoms with Crippen molar-refractivity contribution in [2.75, 3.05) is 4.90 Å². The minimum atomic E-state index is -0.108. The van der Waals surface area contributed by atoms with Crippen LogP contribution in [0.25, 0.3) is 10.9 Å². The number of rotatable bonds is 1. The average Bonchev–Trinajstić information content (AvgIpc) is 2.82. The Hall–Kier alpha value is -2.10. The summed E-state index contributed by atoms with van der Waals surface area (Å²) in [5, 5.41) is 1.06. The van der Waals surface area contributed by atoms with Crippen molar-refractivity contribution in [3.8, 4) is 0 Å². The Morgan fingerprint density at radius 1 is 1.11 bits per heavy atom. The number of carbonyl (C=O) groups excluding carboxylic acids is 2. The Morgan fingerprint density at radius 3 is 2.39 bits per heavy atom. The van der Waals surface area contributed by atoms with Gasteiger partial charge in [0.15, 0.2) is 0 Å². The lowest BCUT2D eigenvalue weighted by Gasteiger charge is -2.14. The number of anilines is 1. The lowest BCUT2D eigenvalue weighted by molar-refractivity contribution is -0.121. The smallest absolute Gasteiger partial charge is 0.235 e. The highest BCUT2D eigenvalue weighted by Gasteiger charge is 2.32. The Balaban J connectivity index is 2.25. The summed E-state index contributed by atoms with van der Waals surface area (Å²) in [7, 11) is 1.89. The van der Waals surface area contributed by atoms with Gasteiger partial charge in [-0.15, -0.1) is 0 Å². The molecule has 0 N–H and O–H groups in total. The molecular weight excluding hydrogens is 228 g/mol. The van der Waals surface area contributed by atoms with E-state index in [1.165, 1.54) is 4.90 Å². The van der Waals surface area contributed by atoms with Gasteiger partial charge in [0.05, 0.1) is 5.52 Å². The van der Waals surface area contributed by atoms with E-state index in [0.717, 1.165) is 16.5 Å². The van der Waals surface area contributed by atoms with E-state index in [1.807, 2.05) is 42.8 Å². The van der Waals surface area contributed by atoms with E-state index < -0.39 is 0 Å². The van der Waals surface area contributed by atoms with Crippen LogP contribution in [-0.4, -0.2) is 16.4 Å². The van der Waals surface area contributed by atoms with Crippen LogP contribution in [0, 0.1) is 6.92 Å². The number of aryl methyl sites for hydroxylation is 2. The number of para-hydroxylation sites is 1. The Bertz CT molecular complexity index is 654. The zero-order valence-electron chi connectivity index (χ0n) is 10.4. The second kappa shape index (κ2) is 3.70. The van der Waals surface area contributed by atoms with Crippen molar-refractivity contribution in [2.45, 2.75) is 19.8 Å². The number of carbonyl (C=O) groups is 2. The number of hydrogen-bond acceptors (Lipinski definition) is 2. The van der Waals surface area contributed by atoms with Crippen molar-refractivity contribution in [3.05, 3.63) is 29.8 Å². The lowest BCUT2D eigenvalue weighted by atomic mass is 10.2. The molecule has 0 saturated carbocycles. The maximum atomic E-state index is 11.8. The van der Waals surface area contributed by atoms with Gasteiger partial charge in [0.2, 0.25) is 11.8 Å². The van der Waals surface area contributed by atoms with Crippen LogP contribution in [-0.2, 0) is 16.6 Å². The molecule has 2 heterocycles. The van der Waals surface area contributed by atoms with Gasteiger partial charge >= 0.3 is 0 Å². The van der Waals surface area contributed by atoms with Crippen LogP contribution in [0.3, 0.4) is 0 Å². The Labute approximate surface area is 105 Å². The average molecular weight is 242 g/mol. The normalized spacial score (nSPS) is 16.0. The summed E-state index contributed by atoms with van der Waals surface area (Å²) < 4.78 is 1.92. The SMILES string of the molecule is Cc1cccc2cc(N3C(=O)CCC3=O)n(C)c12. The van der Waals surface area contributed by atoms with Crippen LogP contribution in [0.4, 0.5) is 5.82 Å². The summed E-state index contributed by atoms with van der Waals surface area (Å²) in [6.07, 6.45) is 0.638. The zero-order chi connectivity index (χ0) is 12.9. The molecule has 2 aromatic rings. The van der Waals surface area contributed by atoms with Crippen molar-refractivity contribution in [2.24, 2.45) is 7.05 Å². The van der Waals surface area contributed by atoms with E-state index >= 15 is 0 Å². The fourth-order valence-electron chi connectivity index (χ4n) is 2.65. The minimum absolute atomic E-state index is 0.108. The molecule has 1 saturated heterocycles. The van der Waals surface area contributed by atoms with Gasteiger partial charge < -0.3 is 4.57 Å². The topological polar surface area (TPSA) is 42.3 Å². The highest BCUT2D eigenvalue weighted by atomic mass is 16.2. The number of fused-ring (bicyclic) bond motifs is 1. The third-order valence-corrected chi connectivity index (χ3v) is 3.51. The second-order valence-electron chi connectivity index (χ2n) is 4.70. The third kappa shape index (κ3) is 1.38. The molecule has 0 spiro atoms. The zero-order valence-corrected chi connectivity index (χ0v) is 10.4. The van der Waals surface area contributed by atoms with Crippen LogP contribution in [0.2, 0.25) is 0 Å². The van der Waals surface area contributed by atoms with Gasteiger partial charge in [-0.1, -0.05) is 18.2 Å². The molecule has 0 bridgehead atoms. The summed E-state index contributed by atoms with van der Waals surface area (Å²) >= 11 is 0. The van der Waals surface area contributed by atoms with E-state index in [1.54, 1.807) is 0 Å². The predicted molar refractivity (Wildman–Crippen MR) is 69.4 cm³/mol. The standard InChI is InChI=1S/C14H14N2O2/c1-9-4-3-5-10-8-11(15(2)14(9)10)16-12(17)6-7-13(16)18/h3-5,8H,6-7H2,1-2H3. The van der Waals surface area contributed by atoms with E-state index in [0.29, 0.717) is 18.7 Å². The first kappa shape index (κ1) is 11.0. The van der Waals surface area contributed by atoms with Crippen molar-refractivity contribution >= 4 is 28.5 Å². The number of aromatic nitrogens is 1. The van der Waals surface area contributed by atoms with Crippen molar-refractivity contribution < 1.29 is 9.59 Å². The first-order chi connectivity index (χ1) is 8.59. The monoisotopic (exact) mass is 242 g/mol. The van der Waals surface area contributed by atoms with Crippen molar-refractivity contribution in [3.63, 3.8) is 0 Å². The predicted octanol–water partition coefficient (Wildman–Crippen LogP) is 2.14. The van der Waals surface area contributed by atoms with E-state index in [2.05, 4.69) is 0 Å². The molecule has 3 rings (SSSR count). The summed E-state index contributed by atoms with van der Waals surface area (Å²) in [4.78, 5) is 24.9. The van der Waals surface area contributed by atoms with Gasteiger partial charge in [0, 0.05) is 25.3 Å². The third-order valence-electron chi connectivity index (χ3n) is 3.51. The van der Waals surface area contributed by atoms with Crippen LogP contribution in [0.1, 0.15) is 18.4 Å². The van der Waals surface area contributed by atoms with Gasteiger partial charge in [0.1, 0.15) is 5.82 Å². The molecule has 4 nitrogen and oxygen atoms in total. The fourth-order valence-corrected chi connectivity index (χ4v) is 2.65. The molecule has 0 radical (unpaired) electrons. The quantitative estimate of drug-likeness (QED) is 0.719. The van der Waals surface area contributed by atoms with E-state index in [9.17, 15) is 9.59 Å². The van der Waals surface area contributed by atoms with E-state index in [-0.39, 0.29) is 11.8 Å². The molecule has 18 heavy (non-hydrogen) atoms. The molecule has 1 fully saturated rings. The largest absolute Gasteiger partial charge is 0.330 e. The molecule has 0 aliphatic carbocycles. The molecular formula is C14H14N2O2. The summed E-state index contributed by atoms with van der Waals surface area (Å²) in [6, 6.07) is 7.91. The van der Waals surface area contributed by atoms with Crippen LogP contribution >= 0.6 is 0 Å². The highest BCUT2D eigenvalue weighted by Crippen LogP contribution is 2.30. The van der Waals surface area contributed by atoms with Crippen LogP contribution in [0.5, 0.6) is 0 Å². The number of hydrogen-bond donors (Lipinski definition) is 0. The molecule has 1 aromatic heterocycles. The fraction of sp³-hybridized carbons (Fsp3) is 0.286. The summed E-state index contributed by atoms with van der Waals surface area (Å²) in [5.74, 6) is 0.457. The number of benzene rings is 1. The first-order valence-electron chi connectivity index (χ1n) is 6.00. The summed E-state index contributed by atoms with van der Waals surface area (Å²) in [6.45, 7) is 2.03. The van der Waals surface area contributed by atoms with Gasteiger partial charge in [0.25, 0.3) is 0 Å². The van der Waals surface area contributed by atoms with Gasteiger partial charge in [-0.05, 0) is 18.6 Å². The minimum Gasteiger partial charge on any atom is -0.330 e. The van der Waals surface area contributed by atoms with Crippen molar-refractivity contribution in [1.29, 1.82) is 0 Å². The molecule has 1 aromatic carbocycles. The number of amides is 2. The van der Waals surface area contributed by atoms with Gasteiger partial charge in [-0.2, -0.15) is 0 Å². The molecule has 1 aliphatic heterocycles. The maximum Gasteiger partial charge on any atom is 0.235 e. The van der Waals surface area contributed by atoms with Crippen molar-refractivity contribution in [1.82, 2.24) is 4.57 Å². The number of nitrogens with zero attached hydrogens (tertiary/aromatic N) is 2. The lowest BCUT2D eigenvalue weighted by Crippen LogP contribution is -2.30. The highest BCUT2D eigenvalue weighted by molar-refractivity contribution is 6.20. The molecule has 92 valence electrons. The second-order valence-corrected chi connectivity index (χ2v) is 4.70. The molecule has 1 aliphatic rings. The molecule has 0 atom stereocenters. The van der Waals surface area contributed by atoms with Crippen LogP contribution < -0.4 is 4.90 Å². The Morgan fingerprint density at radius 2 is 1.78 bits per heavy atom. The molecule has 0 unspecified atom stereocenters. The number of imide groups is 1. The summed E-state index contributed by atoms with van der Waals surface area (Å²) in [5.41, 5.74) is 2.21. The maximum absolute atomic E-state index is 11.8. The molecule has 2 amide bonds. The Kier molecular flexibility index (Phi) is 2.26. The van der Waals surface area contributed by atoms with E-state index in [4.69, 9.17) is 0 Å². The molecule has 4 heteroatoms. The van der Waals surface area contributed by atoms with Crippen LogP contribution in [0.15, 0.2) is 24.3 Å². The van der Waals surface area contributed by atoms with Gasteiger partial charge in [-0.25, -0.2) is 4.90 Å².